The Morgan fingerprint density at radius 3 is 2.73 bits per heavy atom. The van der Waals surface area contributed by atoms with Gasteiger partial charge in [-0.3, -0.25) is 4.79 Å². The first-order chi connectivity index (χ1) is 10.2. The van der Waals surface area contributed by atoms with Crippen LogP contribution in [0.3, 0.4) is 0 Å². The van der Waals surface area contributed by atoms with Gasteiger partial charge in [-0.1, -0.05) is 0 Å². The Bertz CT molecular complexity index is 567. The number of halogens is 5. The summed E-state index contributed by atoms with van der Waals surface area (Å²) in [6.45, 7) is -0.0686. The van der Waals surface area contributed by atoms with Crippen molar-refractivity contribution in [2.75, 3.05) is 13.1 Å². The van der Waals surface area contributed by atoms with Crippen LogP contribution >= 0.6 is 10.7 Å². The SMILES string of the molecule is O=C(N1CC[C@H](Cc2cc(F)ccc2[S+]([O-])Cl)C1)C(F)(F)F. The lowest BCUT2D eigenvalue weighted by Crippen LogP contribution is -2.39. The topological polar surface area (TPSA) is 43.4 Å². The van der Waals surface area contributed by atoms with Gasteiger partial charge in [-0.2, -0.15) is 13.2 Å². The molecule has 1 aliphatic heterocycles. The zero-order valence-corrected chi connectivity index (χ0v) is 12.8. The molecule has 22 heavy (non-hydrogen) atoms. The average Bonchev–Trinajstić information content (AvgIpc) is 2.84. The summed E-state index contributed by atoms with van der Waals surface area (Å²) in [4.78, 5) is 12.1. The van der Waals surface area contributed by atoms with Crippen molar-refractivity contribution in [2.24, 2.45) is 5.92 Å². The lowest BCUT2D eigenvalue weighted by atomic mass is 9.98. The predicted molar refractivity (Wildman–Crippen MR) is 73.1 cm³/mol. The maximum Gasteiger partial charge on any atom is 0.471 e. The molecule has 122 valence electrons. The number of carbonyl (C=O) groups is 1. The van der Waals surface area contributed by atoms with Gasteiger partial charge in [0.25, 0.3) is 0 Å². The molecule has 9 heteroatoms. The summed E-state index contributed by atoms with van der Waals surface area (Å²) >= 11 is 0. The van der Waals surface area contributed by atoms with E-state index in [2.05, 4.69) is 0 Å². The number of benzene rings is 1. The van der Waals surface area contributed by atoms with Crippen LogP contribution in [0.1, 0.15) is 12.0 Å². The highest BCUT2D eigenvalue weighted by molar-refractivity contribution is 8.13. The fourth-order valence-electron chi connectivity index (χ4n) is 2.54. The first kappa shape index (κ1) is 17.4. The fraction of sp³-hybridized carbons (Fsp3) is 0.462. The van der Waals surface area contributed by atoms with E-state index in [-0.39, 0.29) is 30.3 Å². The molecule has 3 nitrogen and oxygen atoms in total. The normalized spacial score (nSPS) is 20.3. The second-order valence-corrected chi connectivity index (χ2v) is 6.81. The Hall–Kier alpha value is -0.990. The molecular weight excluding hydrogens is 346 g/mol. The molecule has 1 fully saturated rings. The van der Waals surface area contributed by atoms with Gasteiger partial charge in [0.05, 0.1) is 0 Å². The molecule has 0 N–H and O–H groups in total. The Morgan fingerprint density at radius 2 is 2.14 bits per heavy atom. The number of carbonyl (C=O) groups excluding carboxylic acids is 1. The Labute approximate surface area is 131 Å². The second-order valence-electron chi connectivity index (χ2n) is 5.08. The van der Waals surface area contributed by atoms with E-state index >= 15 is 0 Å². The number of amides is 1. The number of hydrogen-bond acceptors (Lipinski definition) is 2. The molecule has 0 saturated carbocycles. The highest BCUT2D eigenvalue weighted by atomic mass is 35.7. The van der Waals surface area contributed by atoms with Crippen LogP contribution < -0.4 is 0 Å². The van der Waals surface area contributed by atoms with Gasteiger partial charge in [0.2, 0.25) is 0 Å². The zero-order valence-electron chi connectivity index (χ0n) is 11.2. The predicted octanol–water partition coefficient (Wildman–Crippen LogP) is 3.04. The number of hydrogen-bond donors (Lipinski definition) is 0. The molecule has 0 aromatic heterocycles. The largest absolute Gasteiger partial charge is 0.594 e. The molecule has 1 saturated heterocycles. The van der Waals surface area contributed by atoms with E-state index in [1.807, 2.05) is 0 Å². The zero-order chi connectivity index (χ0) is 16.5. The van der Waals surface area contributed by atoms with E-state index in [0.29, 0.717) is 12.0 Å². The summed E-state index contributed by atoms with van der Waals surface area (Å²) in [7, 11) is 3.69. The summed E-state index contributed by atoms with van der Waals surface area (Å²) in [6, 6.07) is 3.58. The van der Waals surface area contributed by atoms with Crippen LogP contribution in [0, 0.1) is 11.7 Å². The molecule has 1 aromatic carbocycles. The molecule has 1 heterocycles. The van der Waals surface area contributed by atoms with E-state index < -0.39 is 28.3 Å². The highest BCUT2D eigenvalue weighted by Gasteiger charge is 2.44. The molecule has 0 radical (unpaired) electrons. The van der Waals surface area contributed by atoms with Crippen LogP contribution in [0.2, 0.25) is 0 Å². The molecule has 2 atom stereocenters. The fourth-order valence-corrected chi connectivity index (χ4v) is 3.51. The first-order valence-electron chi connectivity index (χ1n) is 6.41. The van der Waals surface area contributed by atoms with Crippen LogP contribution in [0.5, 0.6) is 0 Å². The molecule has 2 rings (SSSR count). The third-order valence-corrected chi connectivity index (χ3v) is 4.76. The van der Waals surface area contributed by atoms with Crippen LogP contribution in [0.4, 0.5) is 17.6 Å². The summed E-state index contributed by atoms with van der Waals surface area (Å²) in [5, 5.41) is 0. The summed E-state index contributed by atoms with van der Waals surface area (Å²) in [6.07, 6.45) is -4.31. The van der Waals surface area contributed by atoms with Crippen LogP contribution in [0.25, 0.3) is 0 Å². The van der Waals surface area contributed by atoms with Crippen LogP contribution in [-0.2, 0) is 21.6 Å². The Kier molecular flexibility index (Phi) is 5.24. The van der Waals surface area contributed by atoms with E-state index in [4.69, 9.17) is 10.7 Å². The highest BCUT2D eigenvalue weighted by Crippen LogP contribution is 2.29. The van der Waals surface area contributed by atoms with Crippen molar-refractivity contribution in [3.05, 3.63) is 29.6 Å². The molecule has 1 unspecified atom stereocenters. The van der Waals surface area contributed by atoms with Gasteiger partial charge in [-0.05, 0) is 37.0 Å². The third-order valence-electron chi connectivity index (χ3n) is 3.52. The van der Waals surface area contributed by atoms with Crippen molar-refractivity contribution < 1.29 is 26.9 Å². The molecule has 0 spiro atoms. The van der Waals surface area contributed by atoms with Gasteiger partial charge < -0.3 is 9.45 Å². The minimum atomic E-state index is -4.89. The lowest BCUT2D eigenvalue weighted by Gasteiger charge is -2.18. The van der Waals surface area contributed by atoms with Crippen LogP contribution in [-0.4, -0.2) is 34.6 Å². The maximum atomic E-state index is 13.3. The van der Waals surface area contributed by atoms with E-state index in [0.717, 1.165) is 11.0 Å². The number of likely N-dealkylation sites (tertiary alicyclic amines) is 1. The second kappa shape index (κ2) is 6.64. The smallest absolute Gasteiger partial charge is 0.471 e. The summed E-state index contributed by atoms with van der Waals surface area (Å²) < 4.78 is 61.8. The summed E-state index contributed by atoms with van der Waals surface area (Å²) in [5.41, 5.74) is 0.389. The van der Waals surface area contributed by atoms with Crippen molar-refractivity contribution in [2.45, 2.75) is 23.9 Å². The minimum absolute atomic E-state index is 0.00236. The van der Waals surface area contributed by atoms with E-state index in [1.54, 1.807) is 0 Å². The summed E-state index contributed by atoms with van der Waals surface area (Å²) in [5.74, 6) is -2.66. The minimum Gasteiger partial charge on any atom is -0.594 e. The standard InChI is InChI=1S/C13H12ClF4NO2S/c14-22(21)11-2-1-10(15)6-9(11)5-8-3-4-19(7-8)12(20)13(16,17)18/h1-2,6,8H,3-5,7H2/t8-,22?/m1/s1. The van der Waals surface area contributed by atoms with Crippen molar-refractivity contribution in [3.8, 4) is 0 Å². The van der Waals surface area contributed by atoms with Gasteiger partial charge in [0.1, 0.15) is 16.2 Å². The van der Waals surface area contributed by atoms with Gasteiger partial charge in [0.15, 0.2) is 15.6 Å². The van der Waals surface area contributed by atoms with Gasteiger partial charge in [-0.25, -0.2) is 4.39 Å². The van der Waals surface area contributed by atoms with Crippen LogP contribution in [0.15, 0.2) is 23.1 Å². The molecule has 1 amide bonds. The van der Waals surface area contributed by atoms with Crippen molar-refractivity contribution >= 4 is 27.0 Å². The number of alkyl halides is 3. The molecule has 1 aromatic rings. The lowest BCUT2D eigenvalue weighted by molar-refractivity contribution is -0.184. The first-order valence-corrected chi connectivity index (χ1v) is 8.38. The maximum absolute atomic E-state index is 13.3. The van der Waals surface area contributed by atoms with E-state index in [9.17, 15) is 26.9 Å². The monoisotopic (exact) mass is 357 g/mol. The quantitative estimate of drug-likeness (QED) is 0.616. The number of nitrogens with zero attached hydrogens (tertiary/aromatic N) is 1. The van der Waals surface area contributed by atoms with Gasteiger partial charge in [-0.15, -0.1) is 0 Å². The Morgan fingerprint density at radius 1 is 1.45 bits per heavy atom. The van der Waals surface area contributed by atoms with Crippen molar-refractivity contribution in [3.63, 3.8) is 0 Å². The van der Waals surface area contributed by atoms with E-state index in [1.165, 1.54) is 12.1 Å². The molecule has 0 bridgehead atoms. The third kappa shape index (κ3) is 4.05. The van der Waals surface area contributed by atoms with Gasteiger partial charge in [0, 0.05) is 18.7 Å². The van der Waals surface area contributed by atoms with Crippen molar-refractivity contribution in [1.29, 1.82) is 0 Å². The molecule has 1 aliphatic rings. The number of rotatable bonds is 3. The molecule has 0 aliphatic carbocycles. The van der Waals surface area contributed by atoms with Crippen molar-refractivity contribution in [1.82, 2.24) is 4.90 Å². The average molecular weight is 358 g/mol. The Balaban J connectivity index is 2.07. The molecular formula is C13H12ClF4NO2S. The van der Waals surface area contributed by atoms with Gasteiger partial charge >= 0.3 is 12.1 Å².